The van der Waals surface area contributed by atoms with Crippen LogP contribution in [0.25, 0.3) is 6.08 Å². The molecule has 3 rings (SSSR count). The van der Waals surface area contributed by atoms with Crippen LogP contribution in [-0.4, -0.2) is 37.0 Å². The van der Waals surface area contributed by atoms with E-state index in [-0.39, 0.29) is 5.78 Å². The van der Waals surface area contributed by atoms with Gasteiger partial charge in [0.25, 0.3) is 0 Å². The molecule has 6 heteroatoms. The van der Waals surface area contributed by atoms with E-state index in [1.807, 2.05) is 42.5 Å². The molecule has 2 aromatic carbocycles. The van der Waals surface area contributed by atoms with Crippen LogP contribution in [0.15, 0.2) is 53.5 Å². The van der Waals surface area contributed by atoms with E-state index in [0.717, 1.165) is 41.6 Å². The lowest BCUT2D eigenvalue weighted by Gasteiger charge is -2.13. The van der Waals surface area contributed by atoms with Gasteiger partial charge in [0.1, 0.15) is 0 Å². The Kier molecular flexibility index (Phi) is 7.76. The summed E-state index contributed by atoms with van der Waals surface area (Å²) in [4.78, 5) is 17.0. The number of carbonyl (C=O) groups excluding carboxylic acids is 1. The first-order valence-corrected chi connectivity index (χ1v) is 10.8. The number of ether oxygens (including phenoxy) is 2. The molecule has 0 amide bonds. The third kappa shape index (κ3) is 6.12. The Bertz CT molecular complexity index is 891. The van der Waals surface area contributed by atoms with Gasteiger partial charge in [0.05, 0.1) is 13.7 Å². The SMILES string of the molecule is CCCOc1cc(/C=C/C(=O)c2ccc(NC3=NCCCS3)cc2)ccc1OC. The zero-order chi connectivity index (χ0) is 20.5. The van der Waals surface area contributed by atoms with Gasteiger partial charge in [-0.15, -0.1) is 0 Å². The monoisotopic (exact) mass is 410 g/mol. The molecule has 5 nitrogen and oxygen atoms in total. The van der Waals surface area contributed by atoms with Gasteiger partial charge in [0.15, 0.2) is 22.4 Å². The van der Waals surface area contributed by atoms with Crippen molar-refractivity contribution in [3.05, 3.63) is 59.7 Å². The smallest absolute Gasteiger partial charge is 0.185 e. The van der Waals surface area contributed by atoms with Crippen molar-refractivity contribution >= 4 is 34.5 Å². The molecule has 1 N–H and O–H groups in total. The maximum absolute atomic E-state index is 12.5. The highest BCUT2D eigenvalue weighted by atomic mass is 32.2. The highest BCUT2D eigenvalue weighted by Gasteiger charge is 2.08. The number of methoxy groups -OCH3 is 1. The van der Waals surface area contributed by atoms with Crippen LogP contribution in [0.2, 0.25) is 0 Å². The van der Waals surface area contributed by atoms with Crippen molar-refractivity contribution in [2.45, 2.75) is 19.8 Å². The normalized spacial score (nSPS) is 13.8. The van der Waals surface area contributed by atoms with Gasteiger partial charge in [-0.05, 0) is 60.9 Å². The first kappa shape index (κ1) is 21.0. The quantitative estimate of drug-likeness (QED) is 0.474. The van der Waals surface area contributed by atoms with E-state index in [9.17, 15) is 4.79 Å². The third-order valence-electron chi connectivity index (χ3n) is 4.29. The summed E-state index contributed by atoms with van der Waals surface area (Å²) in [5.74, 6) is 2.41. The van der Waals surface area contributed by atoms with Gasteiger partial charge in [0, 0.05) is 23.5 Å². The lowest BCUT2D eigenvalue weighted by molar-refractivity contribution is 0.104. The van der Waals surface area contributed by atoms with Crippen molar-refractivity contribution in [1.82, 2.24) is 0 Å². The summed E-state index contributed by atoms with van der Waals surface area (Å²) in [6.07, 6.45) is 5.41. The predicted molar refractivity (Wildman–Crippen MR) is 122 cm³/mol. The molecular formula is C23H26N2O3S. The second-order valence-electron chi connectivity index (χ2n) is 6.55. The fraction of sp³-hybridized carbons (Fsp3) is 0.304. The number of anilines is 1. The fourth-order valence-corrected chi connectivity index (χ4v) is 3.61. The number of hydrogen-bond donors (Lipinski definition) is 1. The summed E-state index contributed by atoms with van der Waals surface area (Å²) in [6, 6.07) is 13.1. The molecule has 1 aliphatic rings. The number of benzene rings is 2. The van der Waals surface area contributed by atoms with E-state index < -0.39 is 0 Å². The molecule has 1 aliphatic heterocycles. The van der Waals surface area contributed by atoms with E-state index in [1.165, 1.54) is 0 Å². The van der Waals surface area contributed by atoms with Crippen molar-refractivity contribution in [2.24, 2.45) is 4.99 Å². The number of amidine groups is 1. The number of nitrogens with zero attached hydrogens (tertiary/aromatic N) is 1. The van der Waals surface area contributed by atoms with Gasteiger partial charge in [0.2, 0.25) is 0 Å². The highest BCUT2D eigenvalue weighted by Crippen LogP contribution is 2.28. The van der Waals surface area contributed by atoms with E-state index in [4.69, 9.17) is 9.47 Å². The standard InChI is InChI=1S/C23H26N2O3S/c1-3-14-28-22-16-17(6-12-21(22)27-2)5-11-20(26)18-7-9-19(10-8-18)25-23-24-13-4-15-29-23/h5-12,16H,3-4,13-15H2,1-2H3,(H,24,25)/b11-5+. The van der Waals surface area contributed by atoms with Gasteiger partial charge in [-0.2, -0.15) is 0 Å². The van der Waals surface area contributed by atoms with Crippen LogP contribution in [0.5, 0.6) is 11.5 Å². The number of thioether (sulfide) groups is 1. The summed E-state index contributed by atoms with van der Waals surface area (Å²) < 4.78 is 11.0. The molecule has 0 aromatic heterocycles. The first-order valence-electron chi connectivity index (χ1n) is 9.77. The Hall–Kier alpha value is -2.73. The van der Waals surface area contributed by atoms with Crippen LogP contribution >= 0.6 is 11.8 Å². The Labute approximate surface area is 176 Å². The number of aliphatic imine (C=N–C) groups is 1. The number of ketones is 1. The summed E-state index contributed by atoms with van der Waals surface area (Å²) in [6.45, 7) is 3.54. The van der Waals surface area contributed by atoms with Crippen LogP contribution in [0.4, 0.5) is 5.69 Å². The average molecular weight is 411 g/mol. The van der Waals surface area contributed by atoms with Gasteiger partial charge >= 0.3 is 0 Å². The minimum absolute atomic E-state index is 0.0484. The molecule has 29 heavy (non-hydrogen) atoms. The molecule has 0 aliphatic carbocycles. The molecule has 0 bridgehead atoms. The van der Waals surface area contributed by atoms with Gasteiger partial charge in [-0.1, -0.05) is 30.8 Å². The first-order chi connectivity index (χ1) is 14.2. The van der Waals surface area contributed by atoms with Crippen molar-refractivity contribution in [3.8, 4) is 11.5 Å². The highest BCUT2D eigenvalue weighted by molar-refractivity contribution is 8.14. The van der Waals surface area contributed by atoms with Gasteiger partial charge in [-0.25, -0.2) is 0 Å². The summed E-state index contributed by atoms with van der Waals surface area (Å²) in [7, 11) is 1.62. The van der Waals surface area contributed by atoms with Crippen LogP contribution in [0.3, 0.4) is 0 Å². The second kappa shape index (κ2) is 10.7. The van der Waals surface area contributed by atoms with Crippen LogP contribution < -0.4 is 14.8 Å². The molecule has 0 saturated heterocycles. The lowest BCUT2D eigenvalue weighted by atomic mass is 10.1. The Morgan fingerprint density at radius 3 is 2.72 bits per heavy atom. The van der Waals surface area contributed by atoms with Crippen LogP contribution in [0.1, 0.15) is 35.7 Å². The minimum atomic E-state index is -0.0484. The third-order valence-corrected chi connectivity index (χ3v) is 5.29. The Morgan fingerprint density at radius 2 is 2.03 bits per heavy atom. The topological polar surface area (TPSA) is 59.9 Å². The van der Waals surface area contributed by atoms with E-state index in [1.54, 1.807) is 31.0 Å². The van der Waals surface area contributed by atoms with Crippen molar-refractivity contribution in [2.75, 3.05) is 31.3 Å². The largest absolute Gasteiger partial charge is 0.493 e. The molecule has 0 spiro atoms. The Morgan fingerprint density at radius 1 is 1.21 bits per heavy atom. The molecule has 0 atom stereocenters. The zero-order valence-electron chi connectivity index (χ0n) is 16.8. The number of carbonyl (C=O) groups is 1. The maximum atomic E-state index is 12.5. The van der Waals surface area contributed by atoms with Gasteiger partial charge in [-0.3, -0.25) is 9.79 Å². The van der Waals surface area contributed by atoms with Gasteiger partial charge < -0.3 is 14.8 Å². The maximum Gasteiger partial charge on any atom is 0.185 e. The number of rotatable bonds is 8. The van der Waals surface area contributed by atoms with Crippen LogP contribution in [0, 0.1) is 0 Å². The van der Waals surface area contributed by atoms with Crippen molar-refractivity contribution in [1.29, 1.82) is 0 Å². The molecule has 1 heterocycles. The average Bonchev–Trinajstić information content (AvgIpc) is 2.77. The summed E-state index contributed by atoms with van der Waals surface area (Å²) in [5.41, 5.74) is 2.46. The summed E-state index contributed by atoms with van der Waals surface area (Å²) >= 11 is 1.72. The van der Waals surface area contributed by atoms with Crippen molar-refractivity contribution < 1.29 is 14.3 Å². The van der Waals surface area contributed by atoms with E-state index in [0.29, 0.717) is 23.7 Å². The van der Waals surface area contributed by atoms with Crippen molar-refractivity contribution in [3.63, 3.8) is 0 Å². The molecule has 152 valence electrons. The number of hydrogen-bond acceptors (Lipinski definition) is 6. The lowest BCUT2D eigenvalue weighted by Crippen LogP contribution is -2.13. The van der Waals surface area contributed by atoms with E-state index >= 15 is 0 Å². The van der Waals surface area contributed by atoms with Crippen LogP contribution in [-0.2, 0) is 0 Å². The molecular weight excluding hydrogens is 384 g/mol. The molecule has 2 aromatic rings. The molecule has 0 unspecified atom stereocenters. The molecule has 0 fully saturated rings. The Balaban J connectivity index is 1.64. The fourth-order valence-electron chi connectivity index (χ4n) is 2.77. The minimum Gasteiger partial charge on any atom is -0.493 e. The molecule has 0 saturated carbocycles. The summed E-state index contributed by atoms with van der Waals surface area (Å²) in [5, 5.41) is 4.24. The molecule has 0 radical (unpaired) electrons. The predicted octanol–water partition coefficient (Wildman–Crippen LogP) is 5.28. The second-order valence-corrected chi connectivity index (χ2v) is 7.63. The number of nitrogens with one attached hydrogen (secondary N) is 1. The number of allylic oxidation sites excluding steroid dienone is 1. The van der Waals surface area contributed by atoms with E-state index in [2.05, 4.69) is 17.2 Å². The zero-order valence-corrected chi connectivity index (χ0v) is 17.6.